The first kappa shape index (κ1) is 15.5. The molecule has 0 fully saturated rings. The number of nitrogens with zero attached hydrogens (tertiary/aromatic N) is 1. The van der Waals surface area contributed by atoms with Crippen molar-refractivity contribution in [2.75, 3.05) is 32.7 Å². The fourth-order valence-corrected chi connectivity index (χ4v) is 1.21. The topological polar surface area (TPSA) is 127 Å². The Kier molecular flexibility index (Phi) is 7.85. The Morgan fingerprint density at radius 2 is 1.94 bits per heavy atom. The smallest absolute Gasteiger partial charge is 0.317 e. The third kappa shape index (κ3) is 9.42. The summed E-state index contributed by atoms with van der Waals surface area (Å²) in [4.78, 5) is 32.1. The molecule has 0 radical (unpaired) electrons. The molecule has 98 valence electrons. The van der Waals surface area contributed by atoms with Crippen LogP contribution in [-0.4, -0.2) is 77.3 Å². The number of carbonyl (C=O) groups is 3. The molecule has 0 aliphatic carbocycles. The minimum atomic E-state index is -1.10. The maximum atomic E-state index is 10.4. The first-order valence-corrected chi connectivity index (χ1v) is 4.94. The van der Waals surface area contributed by atoms with Crippen LogP contribution in [-0.2, 0) is 14.4 Å². The molecule has 17 heavy (non-hydrogen) atoms. The van der Waals surface area contributed by atoms with Gasteiger partial charge in [-0.2, -0.15) is 0 Å². The molecular formula is C9H16N2O6. The number of rotatable bonds is 10. The van der Waals surface area contributed by atoms with Crippen molar-refractivity contribution in [3.63, 3.8) is 0 Å². The third-order valence-electron chi connectivity index (χ3n) is 1.82. The average molecular weight is 248 g/mol. The summed E-state index contributed by atoms with van der Waals surface area (Å²) in [6.45, 7) is -0.736. The second-order valence-corrected chi connectivity index (χ2v) is 3.43. The molecule has 1 atom stereocenters. The number of aliphatic hydroxyl groups excluding tert-OH is 1. The van der Waals surface area contributed by atoms with Crippen molar-refractivity contribution < 1.29 is 29.7 Å². The van der Waals surface area contributed by atoms with Crippen LogP contribution in [0, 0.1) is 0 Å². The van der Waals surface area contributed by atoms with Gasteiger partial charge in [-0.05, 0) is 0 Å². The van der Waals surface area contributed by atoms with Gasteiger partial charge in [-0.15, -0.1) is 0 Å². The maximum Gasteiger partial charge on any atom is 0.317 e. The van der Waals surface area contributed by atoms with Crippen LogP contribution in [0.15, 0.2) is 0 Å². The van der Waals surface area contributed by atoms with Crippen molar-refractivity contribution >= 4 is 18.2 Å². The molecule has 0 heterocycles. The number of aliphatic hydroxyl groups is 1. The maximum absolute atomic E-state index is 10.4. The molecule has 0 saturated heterocycles. The van der Waals surface area contributed by atoms with E-state index in [2.05, 4.69) is 5.32 Å². The van der Waals surface area contributed by atoms with Crippen molar-refractivity contribution in [1.82, 2.24) is 10.2 Å². The van der Waals surface area contributed by atoms with Gasteiger partial charge in [0.05, 0.1) is 25.7 Å². The summed E-state index contributed by atoms with van der Waals surface area (Å²) in [5.41, 5.74) is 0. The summed E-state index contributed by atoms with van der Waals surface area (Å²) < 4.78 is 0. The molecule has 0 rings (SSSR count). The highest BCUT2D eigenvalue weighted by Gasteiger charge is 2.14. The first-order valence-electron chi connectivity index (χ1n) is 4.94. The van der Waals surface area contributed by atoms with Crippen LogP contribution < -0.4 is 5.32 Å². The normalized spacial score (nSPS) is 12.4. The van der Waals surface area contributed by atoms with Crippen LogP contribution in [0.25, 0.3) is 0 Å². The number of carboxylic acids is 2. The number of hydrogen-bond donors (Lipinski definition) is 4. The van der Waals surface area contributed by atoms with Gasteiger partial charge in [0.15, 0.2) is 0 Å². The molecule has 8 nitrogen and oxygen atoms in total. The van der Waals surface area contributed by atoms with Gasteiger partial charge in [0.25, 0.3) is 0 Å². The number of aldehydes is 1. The summed E-state index contributed by atoms with van der Waals surface area (Å²) in [5.74, 6) is -2.15. The molecule has 0 bridgehead atoms. The zero-order valence-electron chi connectivity index (χ0n) is 9.20. The van der Waals surface area contributed by atoms with E-state index in [0.717, 1.165) is 0 Å². The molecular weight excluding hydrogens is 232 g/mol. The summed E-state index contributed by atoms with van der Waals surface area (Å²) in [5, 5.41) is 28.8. The quantitative estimate of drug-likeness (QED) is 0.315. The van der Waals surface area contributed by atoms with E-state index >= 15 is 0 Å². The lowest BCUT2D eigenvalue weighted by atomic mass is 10.3. The molecule has 1 unspecified atom stereocenters. The summed E-state index contributed by atoms with van der Waals surface area (Å²) in [6, 6.07) is 0. The Bertz CT molecular complexity index is 270. The van der Waals surface area contributed by atoms with Crippen molar-refractivity contribution in [1.29, 1.82) is 0 Å². The van der Waals surface area contributed by atoms with Crippen LogP contribution in [0.4, 0.5) is 0 Å². The van der Waals surface area contributed by atoms with Gasteiger partial charge < -0.3 is 25.4 Å². The van der Waals surface area contributed by atoms with Gasteiger partial charge in [-0.25, -0.2) is 0 Å². The fourth-order valence-electron chi connectivity index (χ4n) is 1.21. The highest BCUT2D eigenvalue weighted by Crippen LogP contribution is 1.91. The second kappa shape index (κ2) is 8.62. The molecule has 0 aliphatic rings. The van der Waals surface area contributed by atoms with E-state index in [1.165, 1.54) is 4.90 Å². The van der Waals surface area contributed by atoms with Crippen LogP contribution in [0.2, 0.25) is 0 Å². The molecule has 4 N–H and O–H groups in total. The van der Waals surface area contributed by atoms with Crippen LogP contribution >= 0.6 is 0 Å². The van der Waals surface area contributed by atoms with Crippen molar-refractivity contribution in [2.24, 2.45) is 0 Å². The minimum absolute atomic E-state index is 0.0152. The molecule has 0 aromatic heterocycles. The van der Waals surface area contributed by atoms with E-state index in [1.54, 1.807) is 0 Å². The molecule has 0 aromatic rings. The van der Waals surface area contributed by atoms with Crippen molar-refractivity contribution in [2.45, 2.75) is 6.10 Å². The summed E-state index contributed by atoms with van der Waals surface area (Å²) in [6.07, 6.45) is -0.394. The first-order chi connectivity index (χ1) is 7.95. The van der Waals surface area contributed by atoms with Gasteiger partial charge in [0.2, 0.25) is 0 Å². The molecule has 0 saturated carbocycles. The Hall–Kier alpha value is -1.51. The molecule has 8 heteroatoms. The number of aliphatic carboxylic acids is 2. The number of hydrogen-bond acceptors (Lipinski definition) is 6. The highest BCUT2D eigenvalue weighted by molar-refractivity contribution is 5.69. The Morgan fingerprint density at radius 1 is 1.29 bits per heavy atom. The lowest BCUT2D eigenvalue weighted by Crippen LogP contribution is -2.42. The van der Waals surface area contributed by atoms with Gasteiger partial charge in [-0.1, -0.05) is 0 Å². The van der Waals surface area contributed by atoms with E-state index in [1.807, 2.05) is 0 Å². The van der Waals surface area contributed by atoms with Crippen LogP contribution in [0.5, 0.6) is 0 Å². The molecule has 0 amide bonds. The molecule has 0 spiro atoms. The SMILES string of the molecule is O=CCN(CC(=O)O)CC(O)CNCC(=O)O. The lowest BCUT2D eigenvalue weighted by Gasteiger charge is -2.21. The average Bonchev–Trinajstić information content (AvgIpc) is 2.15. The van der Waals surface area contributed by atoms with Crippen LogP contribution in [0.1, 0.15) is 0 Å². The van der Waals surface area contributed by atoms with Gasteiger partial charge in [0, 0.05) is 13.1 Å². The van der Waals surface area contributed by atoms with E-state index in [-0.39, 0.29) is 32.7 Å². The fraction of sp³-hybridized carbons (Fsp3) is 0.667. The van der Waals surface area contributed by atoms with Crippen molar-refractivity contribution in [3.8, 4) is 0 Å². The standard InChI is InChI=1S/C9H16N2O6/c12-2-1-11(6-9(16)17)5-7(13)3-10-4-8(14)15/h2,7,10,13H,1,3-6H2,(H,14,15)(H,16,17). The van der Waals surface area contributed by atoms with E-state index < -0.39 is 18.0 Å². The molecule has 0 aliphatic heterocycles. The summed E-state index contributed by atoms with van der Waals surface area (Å²) in [7, 11) is 0. The monoisotopic (exact) mass is 248 g/mol. The predicted octanol–water partition coefficient (Wildman–Crippen LogP) is -2.39. The number of carbonyl (C=O) groups excluding carboxylic acids is 1. The van der Waals surface area contributed by atoms with E-state index in [0.29, 0.717) is 6.29 Å². The predicted molar refractivity (Wildman–Crippen MR) is 56.7 cm³/mol. The zero-order valence-corrected chi connectivity index (χ0v) is 9.20. The minimum Gasteiger partial charge on any atom is -0.480 e. The lowest BCUT2D eigenvalue weighted by molar-refractivity contribution is -0.138. The van der Waals surface area contributed by atoms with Crippen LogP contribution in [0.3, 0.4) is 0 Å². The number of nitrogens with one attached hydrogen (secondary N) is 1. The Labute approximate surface area is 97.8 Å². The summed E-state index contributed by atoms with van der Waals surface area (Å²) >= 11 is 0. The second-order valence-electron chi connectivity index (χ2n) is 3.43. The highest BCUT2D eigenvalue weighted by atomic mass is 16.4. The van der Waals surface area contributed by atoms with Gasteiger partial charge in [-0.3, -0.25) is 14.5 Å². The van der Waals surface area contributed by atoms with Gasteiger partial charge >= 0.3 is 11.9 Å². The molecule has 0 aromatic carbocycles. The van der Waals surface area contributed by atoms with E-state index in [9.17, 15) is 19.5 Å². The Morgan fingerprint density at radius 3 is 2.41 bits per heavy atom. The van der Waals surface area contributed by atoms with E-state index in [4.69, 9.17) is 10.2 Å². The third-order valence-corrected chi connectivity index (χ3v) is 1.82. The number of carboxylic acid groups (broad SMARTS) is 2. The van der Waals surface area contributed by atoms with Crippen molar-refractivity contribution in [3.05, 3.63) is 0 Å². The van der Waals surface area contributed by atoms with Gasteiger partial charge in [0.1, 0.15) is 6.29 Å². The Balaban J connectivity index is 3.93. The zero-order chi connectivity index (χ0) is 13.3. The largest absolute Gasteiger partial charge is 0.480 e.